The second-order valence-electron chi connectivity index (χ2n) is 4.85. The standard InChI is InChI=1S/C12H17NO2/c1-3-5-6-15-10(14)13-12-7-11(4-2,8-12)9-12/h2H,3,5-9H2,1H3,(H,13,14). The molecule has 3 rings (SSSR count). The zero-order chi connectivity index (χ0) is 10.9. The highest BCUT2D eigenvalue weighted by atomic mass is 16.5. The van der Waals surface area contributed by atoms with Crippen LogP contribution in [0.1, 0.15) is 39.0 Å². The minimum absolute atomic E-state index is 0.0182. The number of hydrogen-bond donors (Lipinski definition) is 1. The fraction of sp³-hybridized carbons (Fsp3) is 0.750. The second kappa shape index (κ2) is 3.44. The van der Waals surface area contributed by atoms with Gasteiger partial charge in [-0.25, -0.2) is 4.79 Å². The van der Waals surface area contributed by atoms with E-state index in [-0.39, 0.29) is 17.0 Å². The van der Waals surface area contributed by atoms with E-state index in [0.717, 1.165) is 32.1 Å². The van der Waals surface area contributed by atoms with Gasteiger partial charge in [-0.15, -0.1) is 6.42 Å². The fourth-order valence-corrected chi connectivity index (χ4v) is 2.64. The Labute approximate surface area is 90.6 Å². The molecule has 0 aromatic rings. The maximum absolute atomic E-state index is 11.4. The van der Waals surface area contributed by atoms with Crippen LogP contribution in [-0.4, -0.2) is 18.2 Å². The van der Waals surface area contributed by atoms with Gasteiger partial charge in [-0.05, 0) is 25.7 Å². The minimum Gasteiger partial charge on any atom is -0.450 e. The Morgan fingerprint density at radius 3 is 2.73 bits per heavy atom. The van der Waals surface area contributed by atoms with Crippen molar-refractivity contribution in [1.82, 2.24) is 5.32 Å². The van der Waals surface area contributed by atoms with E-state index < -0.39 is 0 Å². The molecular weight excluding hydrogens is 190 g/mol. The molecule has 0 unspecified atom stereocenters. The van der Waals surface area contributed by atoms with Gasteiger partial charge in [-0.3, -0.25) is 0 Å². The average Bonchev–Trinajstić information content (AvgIpc) is 2.09. The van der Waals surface area contributed by atoms with Gasteiger partial charge in [0.15, 0.2) is 0 Å². The first-order valence-electron chi connectivity index (χ1n) is 5.56. The molecule has 0 aromatic heterocycles. The molecule has 3 aliphatic rings. The molecule has 3 saturated carbocycles. The lowest BCUT2D eigenvalue weighted by Gasteiger charge is -2.67. The number of rotatable bonds is 4. The third kappa shape index (κ3) is 1.69. The predicted molar refractivity (Wildman–Crippen MR) is 57.2 cm³/mol. The van der Waals surface area contributed by atoms with Crippen LogP contribution in [0.4, 0.5) is 4.79 Å². The van der Waals surface area contributed by atoms with E-state index in [1.54, 1.807) is 0 Å². The Bertz CT molecular complexity index is 296. The van der Waals surface area contributed by atoms with E-state index in [1.807, 2.05) is 0 Å². The second-order valence-corrected chi connectivity index (χ2v) is 4.85. The van der Waals surface area contributed by atoms with Gasteiger partial charge >= 0.3 is 6.09 Å². The van der Waals surface area contributed by atoms with Crippen LogP contribution in [-0.2, 0) is 4.74 Å². The molecule has 82 valence electrons. The molecule has 0 aliphatic heterocycles. The molecule has 1 N–H and O–H groups in total. The summed E-state index contributed by atoms with van der Waals surface area (Å²) < 4.78 is 5.04. The first-order valence-corrected chi connectivity index (χ1v) is 5.56. The van der Waals surface area contributed by atoms with Crippen molar-refractivity contribution >= 4 is 6.09 Å². The lowest BCUT2D eigenvalue weighted by atomic mass is 9.40. The van der Waals surface area contributed by atoms with E-state index in [4.69, 9.17) is 11.2 Å². The van der Waals surface area contributed by atoms with Gasteiger partial charge < -0.3 is 10.1 Å². The molecular formula is C12H17NO2. The summed E-state index contributed by atoms with van der Waals surface area (Å²) in [5.74, 6) is 2.80. The van der Waals surface area contributed by atoms with Crippen LogP contribution in [0.25, 0.3) is 0 Å². The molecule has 0 aromatic carbocycles. The predicted octanol–water partition coefficient (Wildman–Crippen LogP) is 2.07. The molecule has 1 amide bonds. The Morgan fingerprint density at radius 1 is 1.53 bits per heavy atom. The van der Waals surface area contributed by atoms with Crippen LogP contribution in [0.5, 0.6) is 0 Å². The van der Waals surface area contributed by atoms with Crippen LogP contribution in [0.15, 0.2) is 0 Å². The van der Waals surface area contributed by atoms with Crippen molar-refractivity contribution in [1.29, 1.82) is 0 Å². The maximum atomic E-state index is 11.4. The molecule has 15 heavy (non-hydrogen) atoms. The summed E-state index contributed by atoms with van der Waals surface area (Å²) >= 11 is 0. The quantitative estimate of drug-likeness (QED) is 0.566. The number of carbonyl (C=O) groups excluding carboxylic acids is 1. The van der Waals surface area contributed by atoms with Crippen molar-refractivity contribution < 1.29 is 9.53 Å². The topological polar surface area (TPSA) is 38.3 Å². The molecule has 0 radical (unpaired) electrons. The highest BCUT2D eigenvalue weighted by molar-refractivity contribution is 5.69. The van der Waals surface area contributed by atoms with Crippen molar-refractivity contribution in [3.8, 4) is 12.3 Å². The zero-order valence-corrected chi connectivity index (χ0v) is 9.14. The Balaban J connectivity index is 1.68. The third-order valence-corrected chi connectivity index (χ3v) is 3.43. The summed E-state index contributed by atoms with van der Waals surface area (Å²) in [6.07, 6.45) is 9.87. The summed E-state index contributed by atoms with van der Waals surface area (Å²) in [6.45, 7) is 2.58. The minimum atomic E-state index is -0.284. The summed E-state index contributed by atoms with van der Waals surface area (Å²) in [7, 11) is 0. The summed E-state index contributed by atoms with van der Waals surface area (Å²) in [5.41, 5.74) is 0.0896. The third-order valence-electron chi connectivity index (χ3n) is 3.43. The van der Waals surface area contributed by atoms with Gasteiger partial charge in [0.25, 0.3) is 0 Å². The molecule has 3 fully saturated rings. The van der Waals surface area contributed by atoms with Gasteiger partial charge in [0.1, 0.15) is 0 Å². The van der Waals surface area contributed by atoms with Crippen LogP contribution < -0.4 is 5.32 Å². The van der Waals surface area contributed by atoms with E-state index in [9.17, 15) is 4.79 Å². The summed E-state index contributed by atoms with van der Waals surface area (Å²) in [4.78, 5) is 11.4. The molecule has 0 heterocycles. The van der Waals surface area contributed by atoms with Crippen LogP contribution in [0.3, 0.4) is 0 Å². The number of unbranched alkanes of at least 4 members (excludes halogenated alkanes) is 1. The highest BCUT2D eigenvalue weighted by Crippen LogP contribution is 2.66. The number of carbonyl (C=O) groups is 1. The molecule has 2 bridgehead atoms. The molecule has 3 nitrogen and oxygen atoms in total. The first kappa shape index (κ1) is 10.4. The van der Waals surface area contributed by atoms with Crippen LogP contribution >= 0.6 is 0 Å². The number of hydrogen-bond acceptors (Lipinski definition) is 2. The lowest BCUT2D eigenvalue weighted by Crippen LogP contribution is -2.74. The van der Waals surface area contributed by atoms with E-state index in [1.165, 1.54) is 0 Å². The highest BCUT2D eigenvalue weighted by Gasteiger charge is 2.68. The van der Waals surface area contributed by atoms with Gasteiger partial charge in [0.2, 0.25) is 0 Å². The van der Waals surface area contributed by atoms with E-state index in [2.05, 4.69) is 18.2 Å². The molecule has 3 heteroatoms. The molecule has 0 saturated heterocycles. The van der Waals surface area contributed by atoms with E-state index >= 15 is 0 Å². The monoisotopic (exact) mass is 207 g/mol. The summed E-state index contributed by atoms with van der Waals surface area (Å²) in [6, 6.07) is 0. The molecule has 3 aliphatic carbocycles. The lowest BCUT2D eigenvalue weighted by molar-refractivity contribution is -0.104. The van der Waals surface area contributed by atoms with Gasteiger partial charge in [0, 0.05) is 11.0 Å². The van der Waals surface area contributed by atoms with Crippen LogP contribution in [0.2, 0.25) is 0 Å². The van der Waals surface area contributed by atoms with Crippen molar-refractivity contribution in [3.63, 3.8) is 0 Å². The number of alkyl carbamates (subject to hydrolysis) is 1. The number of terminal acetylenes is 1. The largest absolute Gasteiger partial charge is 0.450 e. The van der Waals surface area contributed by atoms with Gasteiger partial charge in [0.05, 0.1) is 6.61 Å². The smallest absolute Gasteiger partial charge is 0.407 e. The van der Waals surface area contributed by atoms with Gasteiger partial charge in [-0.1, -0.05) is 19.3 Å². The Morgan fingerprint density at radius 2 is 2.20 bits per heavy atom. The van der Waals surface area contributed by atoms with E-state index in [0.29, 0.717) is 6.61 Å². The fourth-order valence-electron chi connectivity index (χ4n) is 2.64. The zero-order valence-electron chi connectivity index (χ0n) is 9.14. The Kier molecular flexibility index (Phi) is 2.38. The number of ether oxygens (including phenoxy) is 1. The van der Waals surface area contributed by atoms with Crippen LogP contribution in [0, 0.1) is 17.8 Å². The van der Waals surface area contributed by atoms with Crippen molar-refractivity contribution in [3.05, 3.63) is 0 Å². The van der Waals surface area contributed by atoms with Crippen molar-refractivity contribution in [2.75, 3.05) is 6.61 Å². The Hall–Kier alpha value is -1.17. The maximum Gasteiger partial charge on any atom is 0.407 e. The summed E-state index contributed by atoms with van der Waals surface area (Å²) in [5, 5.41) is 2.92. The number of amides is 1. The van der Waals surface area contributed by atoms with Crippen molar-refractivity contribution in [2.24, 2.45) is 5.41 Å². The molecule has 0 atom stereocenters. The molecule has 0 spiro atoms. The van der Waals surface area contributed by atoms with Gasteiger partial charge in [-0.2, -0.15) is 0 Å². The first-order chi connectivity index (χ1) is 7.14. The van der Waals surface area contributed by atoms with Crippen molar-refractivity contribution in [2.45, 2.75) is 44.6 Å². The normalized spacial score (nSPS) is 35.7. The SMILES string of the molecule is C#CC12CC(NC(=O)OCCCC)(C1)C2. The average molecular weight is 207 g/mol. The number of nitrogens with one attached hydrogen (secondary N) is 1.